The topological polar surface area (TPSA) is 104 Å². The lowest BCUT2D eigenvalue weighted by molar-refractivity contribution is 0.0817. The Bertz CT molecular complexity index is 1190. The summed E-state index contributed by atoms with van der Waals surface area (Å²) < 4.78 is 28.2. The van der Waals surface area contributed by atoms with Gasteiger partial charge < -0.3 is 14.7 Å². The van der Waals surface area contributed by atoms with Gasteiger partial charge in [0.1, 0.15) is 23.7 Å². The Balaban J connectivity index is 2.04. The number of halogens is 2. The molecule has 0 aliphatic carbocycles. The lowest BCUT2D eigenvalue weighted by Gasteiger charge is -2.15. The second-order valence-electron chi connectivity index (χ2n) is 8.03. The summed E-state index contributed by atoms with van der Waals surface area (Å²) in [7, 11) is 0.0960. The maximum Gasteiger partial charge on any atom is 0.273 e. The monoisotopic (exact) mass is 467 g/mol. The van der Waals surface area contributed by atoms with E-state index in [0.717, 1.165) is 16.9 Å². The maximum absolute atomic E-state index is 15.0. The normalized spacial score (nSPS) is 12.2. The number of aromatic nitrogens is 4. The fourth-order valence-corrected chi connectivity index (χ4v) is 3.85. The average molecular weight is 468 g/mol. The summed E-state index contributed by atoms with van der Waals surface area (Å²) in [5.41, 5.74) is -0.334. The third kappa shape index (κ3) is 4.94. The van der Waals surface area contributed by atoms with Gasteiger partial charge in [-0.25, -0.2) is 9.07 Å². The molecule has 3 aromatic rings. The van der Waals surface area contributed by atoms with Crippen molar-refractivity contribution >= 4 is 36.9 Å². The number of ether oxygens (including phenoxy) is 2. The van der Waals surface area contributed by atoms with E-state index in [0.29, 0.717) is 12.1 Å². The van der Waals surface area contributed by atoms with E-state index in [-0.39, 0.29) is 34.4 Å². The Morgan fingerprint density at radius 3 is 2.71 bits per heavy atom. The molecule has 0 fully saturated rings. The van der Waals surface area contributed by atoms with Gasteiger partial charge in [0, 0.05) is 26.3 Å². The third-order valence-corrected chi connectivity index (χ3v) is 6.50. The van der Waals surface area contributed by atoms with Gasteiger partial charge in [-0.15, -0.1) is 0 Å². The van der Waals surface area contributed by atoms with Crippen molar-refractivity contribution in [2.45, 2.75) is 32.4 Å². The van der Waals surface area contributed by atoms with Crippen LogP contribution >= 0.6 is 11.6 Å². The van der Waals surface area contributed by atoms with Gasteiger partial charge in [-0.05, 0) is 18.2 Å². The quantitative estimate of drug-likeness (QED) is 0.179. The Morgan fingerprint density at radius 1 is 1.32 bits per heavy atom. The molecule has 0 bridgehead atoms. The van der Waals surface area contributed by atoms with Crippen LogP contribution in [0, 0.1) is 5.82 Å². The van der Waals surface area contributed by atoms with Crippen LogP contribution in [0.5, 0.6) is 5.75 Å². The number of benzene rings is 1. The molecule has 2 aromatic heterocycles. The minimum atomic E-state index is -1.24. The smallest absolute Gasteiger partial charge is 0.273 e. The fourth-order valence-electron chi connectivity index (χ4n) is 2.87. The highest BCUT2D eigenvalue weighted by Crippen LogP contribution is 2.28. The molecule has 0 radical (unpaired) electrons. The van der Waals surface area contributed by atoms with Crippen LogP contribution in [0.25, 0.3) is 16.7 Å². The van der Waals surface area contributed by atoms with Crippen LogP contribution in [0.2, 0.25) is 30.8 Å². The zero-order chi connectivity index (χ0) is 22.8. The first-order valence-electron chi connectivity index (χ1n) is 9.44. The molecular formula is C19H23ClFN5O4Si. The first kappa shape index (κ1) is 22.9. The molecule has 0 saturated heterocycles. The molecule has 1 N–H and O–H groups in total. The van der Waals surface area contributed by atoms with Crippen LogP contribution in [0.15, 0.2) is 28.1 Å². The molecule has 9 nitrogen and oxygen atoms in total. The average Bonchev–Trinajstić information content (AvgIpc) is 3.00. The van der Waals surface area contributed by atoms with Crippen molar-refractivity contribution in [1.29, 1.82) is 0 Å². The van der Waals surface area contributed by atoms with Gasteiger partial charge >= 0.3 is 0 Å². The van der Waals surface area contributed by atoms with Crippen molar-refractivity contribution in [3.63, 3.8) is 0 Å². The molecule has 0 atom stereocenters. The summed E-state index contributed by atoms with van der Waals surface area (Å²) in [6.07, 6.45) is 0.907. The van der Waals surface area contributed by atoms with Gasteiger partial charge in [0.25, 0.3) is 5.56 Å². The highest BCUT2D eigenvalue weighted by Gasteiger charge is 2.21. The highest BCUT2D eigenvalue weighted by molar-refractivity contribution is 6.76. The van der Waals surface area contributed by atoms with E-state index in [4.69, 9.17) is 26.3 Å². The Kier molecular flexibility index (Phi) is 6.77. The zero-order valence-electron chi connectivity index (χ0n) is 17.6. The Morgan fingerprint density at radius 2 is 2.06 bits per heavy atom. The third-order valence-electron chi connectivity index (χ3n) is 4.54. The minimum absolute atomic E-state index is 0.0463. The second kappa shape index (κ2) is 9.16. The van der Waals surface area contributed by atoms with Crippen molar-refractivity contribution in [3.05, 3.63) is 45.1 Å². The summed E-state index contributed by atoms with van der Waals surface area (Å²) in [5, 5.41) is 20.0. The Labute approximate surface area is 183 Å². The molecule has 12 heteroatoms. The molecule has 0 aliphatic rings. The zero-order valence-corrected chi connectivity index (χ0v) is 19.4. The lowest BCUT2D eigenvalue weighted by atomic mass is 10.2. The van der Waals surface area contributed by atoms with Crippen LogP contribution in [-0.4, -0.2) is 52.8 Å². The van der Waals surface area contributed by atoms with Crippen LogP contribution in [0.4, 0.5) is 4.39 Å². The molecule has 0 saturated carbocycles. The summed E-state index contributed by atoms with van der Waals surface area (Å²) in [6, 6.07) is 5.03. The molecule has 0 spiro atoms. The van der Waals surface area contributed by atoms with E-state index in [1.54, 1.807) is 0 Å². The van der Waals surface area contributed by atoms with Gasteiger partial charge in [-0.1, -0.05) is 36.4 Å². The molecular weight excluding hydrogens is 445 g/mol. The summed E-state index contributed by atoms with van der Waals surface area (Å²) >= 11 is 6.23. The van der Waals surface area contributed by atoms with Gasteiger partial charge in [0.05, 0.1) is 18.8 Å². The van der Waals surface area contributed by atoms with Crippen LogP contribution in [0.1, 0.15) is 5.56 Å². The first-order valence-corrected chi connectivity index (χ1v) is 13.5. The van der Waals surface area contributed by atoms with Crippen LogP contribution < -0.4 is 10.3 Å². The maximum atomic E-state index is 15.0. The summed E-state index contributed by atoms with van der Waals surface area (Å²) in [5.74, 6) is -0.774. The van der Waals surface area contributed by atoms with E-state index in [1.807, 2.05) is 0 Å². The Hall–Kier alpha value is -2.76. The predicted molar refractivity (Wildman–Crippen MR) is 118 cm³/mol. The number of oxime groups is 1. The van der Waals surface area contributed by atoms with E-state index in [9.17, 15) is 4.79 Å². The first-order chi connectivity index (χ1) is 14.7. The molecule has 2 heterocycles. The number of hydrogen-bond acceptors (Lipinski definition) is 7. The summed E-state index contributed by atoms with van der Waals surface area (Å²) in [4.78, 5) is 12.8. The van der Waals surface area contributed by atoms with Gasteiger partial charge in [-0.2, -0.15) is 14.9 Å². The number of nitrogens with zero attached hydrogens (tertiary/aromatic N) is 5. The molecule has 31 heavy (non-hydrogen) atoms. The predicted octanol–water partition coefficient (Wildman–Crippen LogP) is 3.50. The number of fused-ring (bicyclic) bond motifs is 1. The largest absolute Gasteiger partial charge is 0.494 e. The number of methoxy groups -OCH3 is 1. The molecule has 0 aliphatic heterocycles. The van der Waals surface area contributed by atoms with Crippen molar-refractivity contribution in [1.82, 2.24) is 19.6 Å². The van der Waals surface area contributed by atoms with Crippen molar-refractivity contribution in [2.75, 3.05) is 13.7 Å². The lowest BCUT2D eigenvalue weighted by Crippen LogP contribution is -2.23. The molecule has 0 unspecified atom stereocenters. The van der Waals surface area contributed by atoms with E-state index < -0.39 is 19.5 Å². The highest BCUT2D eigenvalue weighted by atomic mass is 35.5. The number of rotatable bonds is 8. The van der Waals surface area contributed by atoms with Crippen LogP contribution in [0.3, 0.4) is 0 Å². The van der Waals surface area contributed by atoms with Gasteiger partial charge in [0.2, 0.25) is 0 Å². The standard InChI is InChI=1S/C19H23ClFN5O4Si/c1-29-14-6-5-12(10-22-28)16(21)18(14)26-15(27)9-13-17(23-26)19(20)24-25(13)11-30-7-8-31(2,3)4/h5-6,9-10,28H,7-8,11H2,1-4H3. The fraction of sp³-hybridized carbons (Fsp3) is 0.368. The van der Waals surface area contributed by atoms with E-state index in [1.165, 1.54) is 30.0 Å². The molecule has 166 valence electrons. The minimum Gasteiger partial charge on any atom is -0.494 e. The molecule has 0 amide bonds. The van der Waals surface area contributed by atoms with Crippen molar-refractivity contribution in [3.8, 4) is 11.4 Å². The van der Waals surface area contributed by atoms with Gasteiger partial charge in [-0.3, -0.25) is 4.79 Å². The van der Waals surface area contributed by atoms with Crippen molar-refractivity contribution in [2.24, 2.45) is 5.16 Å². The molecule has 3 rings (SSSR count). The van der Waals surface area contributed by atoms with Gasteiger partial charge in [0.15, 0.2) is 11.0 Å². The molecule has 1 aromatic carbocycles. The summed E-state index contributed by atoms with van der Waals surface area (Å²) in [6.45, 7) is 7.42. The van der Waals surface area contributed by atoms with E-state index in [2.05, 4.69) is 35.0 Å². The van der Waals surface area contributed by atoms with E-state index >= 15 is 4.39 Å². The second-order valence-corrected chi connectivity index (χ2v) is 14.0. The SMILES string of the molecule is COc1ccc(C=NO)c(F)c1-n1nc2c(Cl)nn(COCC[Si](C)(C)C)c2cc1=O. The number of hydrogen-bond donors (Lipinski definition) is 1. The van der Waals surface area contributed by atoms with Crippen molar-refractivity contribution < 1.29 is 19.1 Å². The van der Waals surface area contributed by atoms with Crippen LogP contribution in [-0.2, 0) is 11.5 Å².